The molecule has 128 valence electrons. The number of anilines is 1. The predicted molar refractivity (Wildman–Crippen MR) is 88.2 cm³/mol. The van der Waals surface area contributed by atoms with Crippen LogP contribution in [-0.4, -0.2) is 37.4 Å². The Bertz CT molecular complexity index is 662. The van der Waals surface area contributed by atoms with Crippen molar-refractivity contribution in [3.63, 3.8) is 0 Å². The lowest BCUT2D eigenvalue weighted by Gasteiger charge is -2.32. The summed E-state index contributed by atoms with van der Waals surface area (Å²) in [6.45, 7) is 5.97. The van der Waals surface area contributed by atoms with E-state index in [9.17, 15) is 13.2 Å². The first kappa shape index (κ1) is 17.7. The lowest BCUT2D eigenvalue weighted by molar-refractivity contribution is -0.161. The van der Waals surface area contributed by atoms with Crippen LogP contribution in [0.2, 0.25) is 0 Å². The predicted octanol–water partition coefficient (Wildman–Crippen LogP) is 2.01. The number of nitrogens with two attached hydrogens (primary N) is 1. The van der Waals surface area contributed by atoms with E-state index < -0.39 is 21.5 Å². The van der Waals surface area contributed by atoms with Crippen LogP contribution in [0.3, 0.4) is 0 Å². The van der Waals surface area contributed by atoms with E-state index in [1.807, 2.05) is 0 Å². The van der Waals surface area contributed by atoms with Gasteiger partial charge in [0, 0.05) is 18.8 Å². The van der Waals surface area contributed by atoms with Gasteiger partial charge in [0.25, 0.3) is 0 Å². The van der Waals surface area contributed by atoms with Crippen molar-refractivity contribution in [3.05, 3.63) is 24.3 Å². The minimum Gasteiger partial charge on any atom is -0.460 e. The number of sulfonamides is 1. The highest BCUT2D eigenvalue weighted by Crippen LogP contribution is 2.26. The molecule has 0 spiro atoms. The Morgan fingerprint density at radius 3 is 2.43 bits per heavy atom. The SMILES string of the molecule is CC(C)(C)OC(=O)C1CCCN(S(=O)(=O)c2ccc(N)cc2)C1. The molecule has 1 atom stereocenters. The standard InChI is InChI=1S/C16H24N2O4S/c1-16(2,3)22-15(19)12-5-4-10-18(11-12)23(20,21)14-8-6-13(17)7-9-14/h6-9,12H,4-5,10-11,17H2,1-3H3. The van der Waals surface area contributed by atoms with Gasteiger partial charge in [0.1, 0.15) is 5.60 Å². The zero-order chi connectivity index (χ0) is 17.3. The van der Waals surface area contributed by atoms with Crippen molar-refractivity contribution in [3.8, 4) is 0 Å². The monoisotopic (exact) mass is 340 g/mol. The third-order valence-corrected chi connectivity index (χ3v) is 5.52. The van der Waals surface area contributed by atoms with Crippen LogP contribution >= 0.6 is 0 Å². The van der Waals surface area contributed by atoms with E-state index in [-0.39, 0.29) is 17.4 Å². The Balaban J connectivity index is 2.14. The van der Waals surface area contributed by atoms with Crippen LogP contribution in [0.5, 0.6) is 0 Å². The zero-order valence-corrected chi connectivity index (χ0v) is 14.6. The Kier molecular flexibility index (Phi) is 5.01. The first-order chi connectivity index (χ1) is 10.6. The second kappa shape index (κ2) is 6.49. The van der Waals surface area contributed by atoms with Crippen molar-refractivity contribution >= 4 is 21.7 Å². The molecule has 0 amide bonds. The molecule has 23 heavy (non-hydrogen) atoms. The topological polar surface area (TPSA) is 89.7 Å². The third kappa shape index (κ3) is 4.45. The lowest BCUT2D eigenvalue weighted by Crippen LogP contribution is -2.43. The van der Waals surface area contributed by atoms with Gasteiger partial charge in [-0.1, -0.05) is 0 Å². The average molecular weight is 340 g/mol. The van der Waals surface area contributed by atoms with Crippen molar-refractivity contribution in [2.75, 3.05) is 18.8 Å². The Morgan fingerprint density at radius 1 is 1.26 bits per heavy atom. The first-order valence-corrected chi connectivity index (χ1v) is 9.12. The van der Waals surface area contributed by atoms with Gasteiger partial charge in [0.2, 0.25) is 10.0 Å². The summed E-state index contributed by atoms with van der Waals surface area (Å²) in [5, 5.41) is 0. The van der Waals surface area contributed by atoms with Crippen LogP contribution in [0.15, 0.2) is 29.2 Å². The molecule has 2 N–H and O–H groups in total. The summed E-state index contributed by atoms with van der Waals surface area (Å²) in [6.07, 6.45) is 1.28. The molecule has 0 saturated carbocycles. The number of ether oxygens (including phenoxy) is 1. The minimum absolute atomic E-state index is 0.154. The van der Waals surface area contributed by atoms with Gasteiger partial charge in [-0.2, -0.15) is 4.31 Å². The number of hydrogen-bond donors (Lipinski definition) is 1. The Hall–Kier alpha value is -1.60. The number of benzene rings is 1. The molecule has 1 saturated heterocycles. The number of rotatable bonds is 3. The molecule has 2 rings (SSSR count). The van der Waals surface area contributed by atoms with Crippen molar-refractivity contribution < 1.29 is 17.9 Å². The number of carbonyl (C=O) groups is 1. The van der Waals surface area contributed by atoms with Crippen LogP contribution in [0, 0.1) is 5.92 Å². The van der Waals surface area contributed by atoms with Crippen LogP contribution < -0.4 is 5.73 Å². The Labute approximate surface area is 137 Å². The molecule has 1 aliphatic rings. The number of carbonyl (C=O) groups excluding carboxylic acids is 1. The van der Waals surface area contributed by atoms with Gasteiger partial charge in [-0.05, 0) is 57.9 Å². The summed E-state index contributed by atoms with van der Waals surface area (Å²) in [5.74, 6) is -0.763. The van der Waals surface area contributed by atoms with E-state index in [0.717, 1.165) is 0 Å². The minimum atomic E-state index is -3.62. The molecule has 1 fully saturated rings. The number of piperidine rings is 1. The highest BCUT2D eigenvalue weighted by atomic mass is 32.2. The van der Waals surface area contributed by atoms with Crippen molar-refractivity contribution in [1.82, 2.24) is 4.31 Å². The number of hydrogen-bond acceptors (Lipinski definition) is 5. The maximum atomic E-state index is 12.7. The molecule has 0 aliphatic carbocycles. The van der Waals surface area contributed by atoms with Gasteiger partial charge < -0.3 is 10.5 Å². The van der Waals surface area contributed by atoms with Crippen molar-refractivity contribution in [1.29, 1.82) is 0 Å². The molecule has 1 aliphatic heterocycles. The highest BCUT2D eigenvalue weighted by molar-refractivity contribution is 7.89. The average Bonchev–Trinajstić information content (AvgIpc) is 2.46. The van der Waals surface area contributed by atoms with Crippen LogP contribution in [0.4, 0.5) is 5.69 Å². The maximum Gasteiger partial charge on any atom is 0.310 e. The summed E-state index contributed by atoms with van der Waals surface area (Å²) >= 11 is 0. The Morgan fingerprint density at radius 2 is 1.87 bits per heavy atom. The van der Waals surface area contributed by atoms with Crippen molar-refractivity contribution in [2.45, 2.75) is 44.1 Å². The second-order valence-electron chi connectivity index (χ2n) is 6.80. The van der Waals surface area contributed by atoms with Crippen molar-refractivity contribution in [2.24, 2.45) is 5.92 Å². The summed E-state index contributed by atoms with van der Waals surface area (Å²) in [6, 6.07) is 6.09. The molecular formula is C16H24N2O4S. The smallest absolute Gasteiger partial charge is 0.310 e. The highest BCUT2D eigenvalue weighted by Gasteiger charge is 2.35. The fourth-order valence-electron chi connectivity index (χ4n) is 2.53. The molecule has 0 bridgehead atoms. The molecule has 1 unspecified atom stereocenters. The third-order valence-electron chi connectivity index (χ3n) is 3.64. The van der Waals surface area contributed by atoms with E-state index in [4.69, 9.17) is 10.5 Å². The molecule has 7 heteroatoms. The van der Waals surface area contributed by atoms with Gasteiger partial charge in [-0.25, -0.2) is 8.42 Å². The second-order valence-corrected chi connectivity index (χ2v) is 8.74. The van der Waals surface area contributed by atoms with Crippen LogP contribution in [-0.2, 0) is 19.6 Å². The fraction of sp³-hybridized carbons (Fsp3) is 0.562. The summed E-state index contributed by atoms with van der Waals surface area (Å²) in [4.78, 5) is 12.4. The first-order valence-electron chi connectivity index (χ1n) is 7.68. The van der Waals surface area contributed by atoms with Crippen LogP contribution in [0.1, 0.15) is 33.6 Å². The van der Waals surface area contributed by atoms with E-state index in [1.54, 1.807) is 32.9 Å². The largest absolute Gasteiger partial charge is 0.460 e. The van der Waals surface area contributed by atoms with Gasteiger partial charge in [-0.15, -0.1) is 0 Å². The van der Waals surface area contributed by atoms with Gasteiger partial charge in [0.15, 0.2) is 0 Å². The van der Waals surface area contributed by atoms with Crippen LogP contribution in [0.25, 0.3) is 0 Å². The summed E-state index contributed by atoms with van der Waals surface area (Å²) in [5.41, 5.74) is 5.53. The molecule has 1 aromatic rings. The quantitative estimate of drug-likeness (QED) is 0.671. The molecule has 1 heterocycles. The molecular weight excluding hydrogens is 316 g/mol. The van der Waals surface area contributed by atoms with E-state index in [0.29, 0.717) is 25.1 Å². The number of esters is 1. The lowest BCUT2D eigenvalue weighted by atomic mass is 9.99. The normalized spacial score (nSPS) is 20.2. The van der Waals surface area contributed by atoms with E-state index in [1.165, 1.54) is 16.4 Å². The van der Waals surface area contributed by atoms with E-state index >= 15 is 0 Å². The number of nitrogen functional groups attached to an aromatic ring is 1. The molecule has 6 nitrogen and oxygen atoms in total. The molecule has 0 radical (unpaired) electrons. The van der Waals surface area contributed by atoms with E-state index in [2.05, 4.69) is 0 Å². The fourth-order valence-corrected chi connectivity index (χ4v) is 4.05. The van der Waals surface area contributed by atoms with Gasteiger partial charge in [0.05, 0.1) is 10.8 Å². The van der Waals surface area contributed by atoms with Gasteiger partial charge >= 0.3 is 5.97 Å². The molecule has 0 aromatic heterocycles. The van der Waals surface area contributed by atoms with Gasteiger partial charge in [-0.3, -0.25) is 4.79 Å². The maximum absolute atomic E-state index is 12.7. The number of nitrogens with zero attached hydrogens (tertiary/aromatic N) is 1. The summed E-state index contributed by atoms with van der Waals surface area (Å²) < 4.78 is 32.1. The zero-order valence-electron chi connectivity index (χ0n) is 13.8. The summed E-state index contributed by atoms with van der Waals surface area (Å²) in [7, 11) is -3.62. The molecule has 1 aromatic carbocycles.